The maximum Gasteiger partial charge on any atom is 0.116 e. The molecule has 0 rings (SSSR count). The van der Waals surface area contributed by atoms with E-state index in [1.165, 1.54) is 0 Å². The van der Waals surface area contributed by atoms with Crippen molar-refractivity contribution in [2.24, 2.45) is 0 Å². The fourth-order valence-electron chi connectivity index (χ4n) is 1.40. The minimum Gasteiger partial charge on any atom is -0.390 e. The van der Waals surface area contributed by atoms with E-state index in [4.69, 9.17) is 0 Å². The number of aliphatic hydroxyl groups is 3. The Balaban J connectivity index is 4.42. The molecule has 0 bridgehead atoms. The monoisotopic (exact) mass is 176 g/mol. The van der Waals surface area contributed by atoms with Crippen molar-refractivity contribution in [3.63, 3.8) is 0 Å². The van der Waals surface area contributed by atoms with Crippen LogP contribution in [0, 0.1) is 0 Å². The molecule has 3 nitrogen and oxygen atoms in total. The third-order valence-electron chi connectivity index (χ3n) is 2.49. The summed E-state index contributed by atoms with van der Waals surface area (Å²) in [6.45, 7) is 5.33. The zero-order valence-electron chi connectivity index (χ0n) is 8.12. The molecular formula is C9H20O3. The molecule has 0 aromatic rings. The molecule has 0 aliphatic heterocycles. The first-order chi connectivity index (χ1) is 5.52. The Hall–Kier alpha value is -0.120. The van der Waals surface area contributed by atoms with E-state index in [1.54, 1.807) is 20.8 Å². The zero-order chi connectivity index (χ0) is 9.78. The van der Waals surface area contributed by atoms with Gasteiger partial charge in [-0.15, -0.1) is 0 Å². The molecule has 0 aliphatic carbocycles. The SMILES string of the molecule is CCC(O)C(O)(CC)C(O)CC. The molecule has 3 N–H and O–H groups in total. The summed E-state index contributed by atoms with van der Waals surface area (Å²) in [6.07, 6.45) is -0.380. The highest BCUT2D eigenvalue weighted by Crippen LogP contribution is 2.24. The number of hydrogen-bond donors (Lipinski definition) is 3. The lowest BCUT2D eigenvalue weighted by molar-refractivity contribution is -0.149. The molecule has 0 heterocycles. The van der Waals surface area contributed by atoms with Crippen LogP contribution < -0.4 is 0 Å². The molecule has 0 aliphatic rings. The fraction of sp³-hybridized carbons (Fsp3) is 1.00. The van der Waals surface area contributed by atoms with Gasteiger partial charge in [0.2, 0.25) is 0 Å². The van der Waals surface area contributed by atoms with Crippen molar-refractivity contribution in [2.45, 2.75) is 57.8 Å². The van der Waals surface area contributed by atoms with Crippen LogP contribution in [0.5, 0.6) is 0 Å². The van der Waals surface area contributed by atoms with Crippen molar-refractivity contribution in [1.82, 2.24) is 0 Å². The molecule has 0 amide bonds. The van der Waals surface area contributed by atoms with Gasteiger partial charge in [-0.05, 0) is 19.3 Å². The predicted octanol–water partition coefficient (Wildman–Crippen LogP) is 0.669. The Morgan fingerprint density at radius 2 is 1.33 bits per heavy atom. The van der Waals surface area contributed by atoms with Crippen molar-refractivity contribution >= 4 is 0 Å². The van der Waals surface area contributed by atoms with Crippen LogP contribution in [0.25, 0.3) is 0 Å². The summed E-state index contributed by atoms with van der Waals surface area (Å²) in [5.74, 6) is 0. The Morgan fingerprint density at radius 1 is 1.00 bits per heavy atom. The fourth-order valence-corrected chi connectivity index (χ4v) is 1.40. The van der Waals surface area contributed by atoms with Crippen LogP contribution in [0.2, 0.25) is 0 Å². The zero-order valence-corrected chi connectivity index (χ0v) is 8.12. The van der Waals surface area contributed by atoms with Gasteiger partial charge in [0.15, 0.2) is 0 Å². The third-order valence-corrected chi connectivity index (χ3v) is 2.49. The maximum atomic E-state index is 9.86. The van der Waals surface area contributed by atoms with E-state index in [-0.39, 0.29) is 0 Å². The lowest BCUT2D eigenvalue weighted by Gasteiger charge is -2.35. The lowest BCUT2D eigenvalue weighted by atomic mass is 9.85. The summed E-state index contributed by atoms with van der Waals surface area (Å²) >= 11 is 0. The molecule has 12 heavy (non-hydrogen) atoms. The molecule has 0 aromatic carbocycles. The van der Waals surface area contributed by atoms with Crippen molar-refractivity contribution < 1.29 is 15.3 Å². The number of hydrogen-bond acceptors (Lipinski definition) is 3. The van der Waals surface area contributed by atoms with E-state index in [0.29, 0.717) is 19.3 Å². The van der Waals surface area contributed by atoms with Crippen LogP contribution in [-0.2, 0) is 0 Å². The van der Waals surface area contributed by atoms with Crippen LogP contribution in [0.1, 0.15) is 40.0 Å². The molecule has 0 aromatic heterocycles. The smallest absolute Gasteiger partial charge is 0.116 e. The van der Waals surface area contributed by atoms with E-state index in [0.717, 1.165) is 0 Å². The first-order valence-corrected chi connectivity index (χ1v) is 4.61. The molecule has 74 valence electrons. The number of rotatable bonds is 5. The van der Waals surface area contributed by atoms with Crippen LogP contribution in [0.4, 0.5) is 0 Å². The maximum absolute atomic E-state index is 9.86. The Bertz CT molecular complexity index is 115. The van der Waals surface area contributed by atoms with Crippen molar-refractivity contribution in [3.8, 4) is 0 Å². The average Bonchev–Trinajstić information content (AvgIpc) is 2.13. The molecule has 2 atom stereocenters. The molecule has 2 unspecified atom stereocenters. The minimum absolute atomic E-state index is 0.372. The normalized spacial score (nSPS) is 21.5. The van der Waals surface area contributed by atoms with Gasteiger partial charge in [-0.3, -0.25) is 0 Å². The molecule has 0 saturated carbocycles. The van der Waals surface area contributed by atoms with Gasteiger partial charge in [0.25, 0.3) is 0 Å². The van der Waals surface area contributed by atoms with Gasteiger partial charge in [0.1, 0.15) is 5.60 Å². The van der Waals surface area contributed by atoms with Gasteiger partial charge in [-0.25, -0.2) is 0 Å². The summed E-state index contributed by atoms with van der Waals surface area (Å²) in [4.78, 5) is 0. The van der Waals surface area contributed by atoms with Gasteiger partial charge >= 0.3 is 0 Å². The quantitative estimate of drug-likeness (QED) is 0.577. The summed E-state index contributed by atoms with van der Waals surface area (Å²) in [7, 11) is 0. The van der Waals surface area contributed by atoms with Crippen LogP contribution in [0.15, 0.2) is 0 Å². The second-order valence-electron chi connectivity index (χ2n) is 3.19. The third kappa shape index (κ3) is 2.19. The van der Waals surface area contributed by atoms with Crippen molar-refractivity contribution in [1.29, 1.82) is 0 Å². The van der Waals surface area contributed by atoms with Crippen molar-refractivity contribution in [3.05, 3.63) is 0 Å². The number of aliphatic hydroxyl groups excluding tert-OH is 2. The summed E-state index contributed by atoms with van der Waals surface area (Å²) in [6, 6.07) is 0. The predicted molar refractivity (Wildman–Crippen MR) is 47.8 cm³/mol. The van der Waals surface area contributed by atoms with E-state index in [2.05, 4.69) is 0 Å². The first-order valence-electron chi connectivity index (χ1n) is 4.61. The highest BCUT2D eigenvalue weighted by molar-refractivity contribution is 4.90. The van der Waals surface area contributed by atoms with E-state index >= 15 is 0 Å². The van der Waals surface area contributed by atoms with E-state index in [1.807, 2.05) is 0 Å². The molecule has 3 heteroatoms. The van der Waals surface area contributed by atoms with Crippen LogP contribution in [-0.4, -0.2) is 33.1 Å². The van der Waals surface area contributed by atoms with Crippen LogP contribution in [0.3, 0.4) is 0 Å². The standard InChI is InChI=1S/C9H20O3/c1-4-7(10)9(12,6-3)8(11)5-2/h7-8,10-12H,4-6H2,1-3H3. The van der Waals surface area contributed by atoms with E-state index in [9.17, 15) is 15.3 Å². The molecule has 0 saturated heterocycles. The lowest BCUT2D eigenvalue weighted by Crippen LogP contribution is -2.51. The largest absolute Gasteiger partial charge is 0.390 e. The van der Waals surface area contributed by atoms with E-state index < -0.39 is 17.8 Å². The molecule has 0 spiro atoms. The van der Waals surface area contributed by atoms with Gasteiger partial charge in [0, 0.05) is 0 Å². The molecule has 0 fully saturated rings. The van der Waals surface area contributed by atoms with Crippen LogP contribution >= 0.6 is 0 Å². The summed E-state index contributed by atoms with van der Waals surface area (Å²) < 4.78 is 0. The van der Waals surface area contributed by atoms with Gasteiger partial charge < -0.3 is 15.3 Å². The Kier molecular flexibility index (Phi) is 4.75. The van der Waals surface area contributed by atoms with Crippen molar-refractivity contribution in [2.75, 3.05) is 0 Å². The minimum atomic E-state index is -1.33. The Labute approximate surface area is 74.0 Å². The first kappa shape index (κ1) is 11.9. The molecular weight excluding hydrogens is 156 g/mol. The second kappa shape index (κ2) is 4.80. The highest BCUT2D eigenvalue weighted by atomic mass is 16.4. The summed E-state index contributed by atoms with van der Waals surface area (Å²) in [5, 5.41) is 28.8. The Morgan fingerprint density at radius 3 is 1.50 bits per heavy atom. The average molecular weight is 176 g/mol. The highest BCUT2D eigenvalue weighted by Gasteiger charge is 2.38. The topological polar surface area (TPSA) is 60.7 Å². The van der Waals surface area contributed by atoms with Gasteiger partial charge in [-0.1, -0.05) is 20.8 Å². The van der Waals surface area contributed by atoms with Gasteiger partial charge in [-0.2, -0.15) is 0 Å². The summed E-state index contributed by atoms with van der Waals surface area (Å²) in [5.41, 5.74) is -1.33. The molecule has 0 radical (unpaired) electrons. The second-order valence-corrected chi connectivity index (χ2v) is 3.19. The van der Waals surface area contributed by atoms with Gasteiger partial charge in [0.05, 0.1) is 12.2 Å².